The van der Waals surface area contributed by atoms with Crippen LogP contribution in [0, 0.1) is 5.92 Å². The van der Waals surface area contributed by atoms with Gasteiger partial charge in [0.15, 0.2) is 11.5 Å². The van der Waals surface area contributed by atoms with Gasteiger partial charge >= 0.3 is 0 Å². The van der Waals surface area contributed by atoms with E-state index in [1.165, 1.54) is 32.8 Å². The van der Waals surface area contributed by atoms with Gasteiger partial charge in [0.1, 0.15) is 0 Å². The van der Waals surface area contributed by atoms with E-state index in [2.05, 4.69) is 24.4 Å². The average molecular weight is 331 g/mol. The van der Waals surface area contributed by atoms with Crippen molar-refractivity contribution in [2.45, 2.75) is 57.9 Å². The molecule has 0 spiro atoms. The molecule has 0 unspecified atom stereocenters. The van der Waals surface area contributed by atoms with E-state index in [4.69, 9.17) is 4.74 Å². The average Bonchev–Trinajstić information content (AvgIpc) is 2.58. The zero-order valence-electron chi connectivity index (χ0n) is 14.8. The van der Waals surface area contributed by atoms with Crippen molar-refractivity contribution in [3.63, 3.8) is 0 Å². The predicted molar refractivity (Wildman–Crippen MR) is 96.3 cm³/mol. The number of nitrogens with one attached hydrogen (secondary N) is 1. The Morgan fingerprint density at radius 3 is 2.75 bits per heavy atom. The highest BCUT2D eigenvalue weighted by Gasteiger charge is 2.22. The van der Waals surface area contributed by atoms with Gasteiger partial charge in [-0.1, -0.05) is 18.2 Å². The Hall–Kier alpha value is -1.97. The highest BCUT2D eigenvalue weighted by atomic mass is 16.5. The molecule has 1 aliphatic carbocycles. The number of carbonyl (C=O) groups excluding carboxylic acids is 1. The summed E-state index contributed by atoms with van der Waals surface area (Å²) >= 11 is 0. The standard InChI is InChI=1S/C20H29NO3/c1-3-4-5-6-15-7-10-17(11-8-15)21-20(23)14-16-9-12-18(22)19(13-16)24-2/h3-4,9,12-13,15,17,22H,5-8,10-11,14H2,1-2H3,(H,21,23)/b4-3+. The molecule has 2 N–H and O–H groups in total. The fraction of sp³-hybridized carbons (Fsp3) is 0.550. The lowest BCUT2D eigenvalue weighted by Gasteiger charge is -2.29. The second-order valence-electron chi connectivity index (χ2n) is 6.61. The van der Waals surface area contributed by atoms with E-state index < -0.39 is 0 Å². The number of phenolic OH excluding ortho intramolecular Hbond substituents is 1. The van der Waals surface area contributed by atoms with E-state index in [9.17, 15) is 9.90 Å². The van der Waals surface area contributed by atoms with Crippen LogP contribution in [-0.4, -0.2) is 24.2 Å². The predicted octanol–water partition coefficient (Wildman–Crippen LogP) is 3.97. The first-order chi connectivity index (χ1) is 11.6. The van der Waals surface area contributed by atoms with Crippen LogP contribution in [0.5, 0.6) is 11.5 Å². The van der Waals surface area contributed by atoms with Crippen LogP contribution in [0.2, 0.25) is 0 Å². The number of amides is 1. The Morgan fingerprint density at radius 2 is 2.08 bits per heavy atom. The van der Waals surface area contributed by atoms with E-state index in [1.54, 1.807) is 18.2 Å². The minimum absolute atomic E-state index is 0.0418. The van der Waals surface area contributed by atoms with Crippen molar-refractivity contribution in [1.82, 2.24) is 5.32 Å². The van der Waals surface area contributed by atoms with Crippen LogP contribution in [0.1, 0.15) is 51.0 Å². The van der Waals surface area contributed by atoms with Gasteiger partial charge in [-0.3, -0.25) is 4.79 Å². The molecule has 1 saturated carbocycles. The minimum Gasteiger partial charge on any atom is -0.504 e. The molecule has 0 radical (unpaired) electrons. The summed E-state index contributed by atoms with van der Waals surface area (Å²) in [6, 6.07) is 5.34. The van der Waals surface area contributed by atoms with Gasteiger partial charge < -0.3 is 15.2 Å². The Labute approximate surface area is 144 Å². The Morgan fingerprint density at radius 1 is 1.33 bits per heavy atom. The van der Waals surface area contributed by atoms with Crippen molar-refractivity contribution in [3.05, 3.63) is 35.9 Å². The summed E-state index contributed by atoms with van der Waals surface area (Å²) in [5.41, 5.74) is 0.849. The number of carbonyl (C=O) groups is 1. The largest absolute Gasteiger partial charge is 0.504 e. The fourth-order valence-electron chi connectivity index (χ4n) is 3.39. The van der Waals surface area contributed by atoms with E-state index in [0.29, 0.717) is 18.2 Å². The molecule has 1 aromatic carbocycles. The highest BCUT2D eigenvalue weighted by Crippen LogP contribution is 2.29. The van der Waals surface area contributed by atoms with Gasteiger partial charge in [0.2, 0.25) is 5.91 Å². The van der Waals surface area contributed by atoms with Gasteiger partial charge in [0.25, 0.3) is 0 Å². The maximum Gasteiger partial charge on any atom is 0.224 e. The lowest BCUT2D eigenvalue weighted by atomic mass is 9.83. The summed E-state index contributed by atoms with van der Waals surface area (Å²) < 4.78 is 5.08. The van der Waals surface area contributed by atoms with E-state index in [-0.39, 0.29) is 11.7 Å². The summed E-state index contributed by atoms with van der Waals surface area (Å²) in [7, 11) is 1.51. The number of allylic oxidation sites excluding steroid dienone is 2. The van der Waals surface area contributed by atoms with Gasteiger partial charge in [-0.05, 0) is 69.1 Å². The second-order valence-corrected chi connectivity index (χ2v) is 6.61. The first kappa shape index (κ1) is 18.4. The van der Waals surface area contributed by atoms with Gasteiger partial charge in [0, 0.05) is 6.04 Å². The molecule has 4 nitrogen and oxygen atoms in total. The third-order valence-electron chi connectivity index (χ3n) is 4.80. The Bertz CT molecular complexity index is 560. The van der Waals surface area contributed by atoms with Crippen LogP contribution in [-0.2, 0) is 11.2 Å². The van der Waals surface area contributed by atoms with Gasteiger partial charge in [0.05, 0.1) is 13.5 Å². The number of phenols is 1. The number of rotatable bonds is 7. The summed E-state index contributed by atoms with van der Waals surface area (Å²) in [6.45, 7) is 2.07. The van der Waals surface area contributed by atoms with Crippen LogP contribution in [0.15, 0.2) is 30.4 Å². The lowest BCUT2D eigenvalue weighted by Crippen LogP contribution is -2.38. The molecule has 0 aromatic heterocycles. The van der Waals surface area contributed by atoms with Crippen molar-refractivity contribution in [2.75, 3.05) is 7.11 Å². The topological polar surface area (TPSA) is 58.6 Å². The summed E-state index contributed by atoms with van der Waals surface area (Å²) in [6.07, 6.45) is 11.7. The summed E-state index contributed by atoms with van der Waals surface area (Å²) in [5, 5.41) is 12.8. The molecule has 0 heterocycles. The molecule has 0 aliphatic heterocycles. The zero-order valence-corrected chi connectivity index (χ0v) is 14.8. The molecular weight excluding hydrogens is 302 g/mol. The van der Waals surface area contributed by atoms with E-state index >= 15 is 0 Å². The van der Waals surface area contributed by atoms with Crippen molar-refractivity contribution in [2.24, 2.45) is 5.92 Å². The van der Waals surface area contributed by atoms with Crippen molar-refractivity contribution in [1.29, 1.82) is 0 Å². The maximum absolute atomic E-state index is 12.2. The molecule has 24 heavy (non-hydrogen) atoms. The van der Waals surface area contributed by atoms with Crippen LogP contribution >= 0.6 is 0 Å². The molecule has 0 bridgehead atoms. The Balaban J connectivity index is 1.75. The summed E-state index contributed by atoms with van der Waals surface area (Å²) in [4.78, 5) is 12.2. The molecule has 1 aliphatic rings. The normalized spacial score (nSPS) is 20.9. The van der Waals surface area contributed by atoms with Crippen LogP contribution in [0.3, 0.4) is 0 Å². The molecule has 4 heteroatoms. The molecular formula is C20H29NO3. The van der Waals surface area contributed by atoms with Crippen molar-refractivity contribution in [3.8, 4) is 11.5 Å². The number of benzene rings is 1. The first-order valence-corrected chi connectivity index (χ1v) is 8.88. The molecule has 2 rings (SSSR count). The lowest BCUT2D eigenvalue weighted by molar-refractivity contribution is -0.121. The second kappa shape index (κ2) is 9.36. The quantitative estimate of drug-likeness (QED) is 0.743. The number of aromatic hydroxyl groups is 1. The first-order valence-electron chi connectivity index (χ1n) is 8.88. The molecule has 0 saturated heterocycles. The SMILES string of the molecule is C/C=C/CCC1CCC(NC(=O)Cc2ccc(O)c(OC)c2)CC1. The minimum atomic E-state index is 0.0418. The van der Waals surface area contributed by atoms with Gasteiger partial charge in [-0.25, -0.2) is 0 Å². The fourth-order valence-corrected chi connectivity index (χ4v) is 3.39. The smallest absolute Gasteiger partial charge is 0.224 e. The zero-order chi connectivity index (χ0) is 17.4. The molecule has 132 valence electrons. The van der Waals surface area contributed by atoms with Crippen LogP contribution in [0.25, 0.3) is 0 Å². The van der Waals surface area contributed by atoms with Gasteiger partial charge in [-0.15, -0.1) is 0 Å². The molecule has 1 aromatic rings. The number of ether oxygens (including phenoxy) is 1. The van der Waals surface area contributed by atoms with Crippen molar-refractivity contribution >= 4 is 5.91 Å². The van der Waals surface area contributed by atoms with E-state index in [0.717, 1.165) is 24.3 Å². The maximum atomic E-state index is 12.2. The van der Waals surface area contributed by atoms with Crippen LogP contribution < -0.4 is 10.1 Å². The third kappa shape index (κ3) is 5.59. The van der Waals surface area contributed by atoms with E-state index in [1.807, 2.05) is 0 Å². The highest BCUT2D eigenvalue weighted by molar-refractivity contribution is 5.79. The molecule has 1 amide bonds. The Kier molecular flexibility index (Phi) is 7.16. The third-order valence-corrected chi connectivity index (χ3v) is 4.80. The number of methoxy groups -OCH3 is 1. The molecule has 0 atom stereocenters. The van der Waals surface area contributed by atoms with Gasteiger partial charge in [-0.2, -0.15) is 0 Å². The van der Waals surface area contributed by atoms with Crippen LogP contribution in [0.4, 0.5) is 0 Å². The van der Waals surface area contributed by atoms with Crippen molar-refractivity contribution < 1.29 is 14.6 Å². The summed E-state index contributed by atoms with van der Waals surface area (Å²) in [5.74, 6) is 1.34. The molecule has 1 fully saturated rings. The number of hydrogen-bond acceptors (Lipinski definition) is 3. The number of hydrogen-bond donors (Lipinski definition) is 2. The monoisotopic (exact) mass is 331 g/mol.